The molecule has 0 saturated carbocycles. The molecule has 1 aromatic carbocycles. The molecule has 0 amide bonds. The summed E-state index contributed by atoms with van der Waals surface area (Å²) in [7, 11) is 0. The molecule has 0 aliphatic heterocycles. The van der Waals surface area contributed by atoms with Crippen LogP contribution in [0.15, 0.2) is 37.2 Å². The van der Waals surface area contributed by atoms with Crippen molar-refractivity contribution in [3.63, 3.8) is 0 Å². The highest BCUT2D eigenvalue weighted by Crippen LogP contribution is 2.29. The minimum absolute atomic E-state index is 0.416. The van der Waals surface area contributed by atoms with Gasteiger partial charge >= 0.3 is 0 Å². The zero-order valence-electron chi connectivity index (χ0n) is 9.78. The van der Waals surface area contributed by atoms with Gasteiger partial charge in [0.25, 0.3) is 0 Å². The summed E-state index contributed by atoms with van der Waals surface area (Å²) in [4.78, 5) is 21.0. The second-order valence-electron chi connectivity index (χ2n) is 4.20. The Hall–Kier alpha value is -2.89. The molecule has 2 N–H and O–H groups in total. The summed E-state index contributed by atoms with van der Waals surface area (Å²) >= 11 is 0. The largest absolute Gasteiger partial charge is 0.383 e. The second kappa shape index (κ2) is 3.55. The molecule has 0 saturated heterocycles. The van der Waals surface area contributed by atoms with E-state index in [2.05, 4.69) is 24.9 Å². The average molecular weight is 248 g/mol. The summed E-state index contributed by atoms with van der Waals surface area (Å²) in [5.41, 5.74) is 8.38. The zero-order chi connectivity index (χ0) is 12.8. The Balaban J connectivity index is 2.34. The fourth-order valence-corrected chi connectivity index (χ4v) is 2.26. The smallest absolute Gasteiger partial charge is 0.135 e. The van der Waals surface area contributed by atoms with Crippen molar-refractivity contribution < 1.29 is 0 Å². The SMILES string of the molecule is Nc1nc2c3cncnc3ccc2c2ncncc12. The standard InChI is InChI=1S/C13H8N6/c14-13-9-4-16-6-18-11(9)7-1-2-10-8(12(7)19-13)3-15-5-17-10/h1-6H,(H2,14,19). The number of pyridine rings is 1. The number of fused-ring (bicyclic) bond motifs is 5. The topological polar surface area (TPSA) is 90.5 Å². The van der Waals surface area contributed by atoms with Crippen LogP contribution >= 0.6 is 0 Å². The predicted molar refractivity (Wildman–Crippen MR) is 72.3 cm³/mol. The van der Waals surface area contributed by atoms with E-state index < -0.39 is 0 Å². The van der Waals surface area contributed by atoms with E-state index in [1.54, 1.807) is 12.4 Å². The van der Waals surface area contributed by atoms with Crippen LogP contribution < -0.4 is 5.73 Å². The van der Waals surface area contributed by atoms with E-state index in [-0.39, 0.29) is 0 Å². The van der Waals surface area contributed by atoms with Crippen molar-refractivity contribution in [2.75, 3.05) is 5.73 Å². The highest BCUT2D eigenvalue weighted by molar-refractivity contribution is 6.15. The maximum Gasteiger partial charge on any atom is 0.135 e. The van der Waals surface area contributed by atoms with E-state index in [9.17, 15) is 0 Å². The van der Waals surface area contributed by atoms with Gasteiger partial charge in [0.15, 0.2) is 0 Å². The molecular weight excluding hydrogens is 240 g/mol. The Morgan fingerprint density at radius 2 is 1.58 bits per heavy atom. The van der Waals surface area contributed by atoms with E-state index in [4.69, 9.17) is 5.73 Å². The molecule has 6 heteroatoms. The first-order chi connectivity index (χ1) is 9.34. The van der Waals surface area contributed by atoms with Crippen molar-refractivity contribution in [2.45, 2.75) is 0 Å². The first-order valence-corrected chi connectivity index (χ1v) is 5.72. The molecule has 0 fully saturated rings. The Morgan fingerprint density at radius 1 is 0.789 bits per heavy atom. The van der Waals surface area contributed by atoms with Crippen LogP contribution in [0, 0.1) is 0 Å². The van der Waals surface area contributed by atoms with Gasteiger partial charge in [0.2, 0.25) is 0 Å². The van der Waals surface area contributed by atoms with E-state index in [0.29, 0.717) is 5.82 Å². The Labute approximate surface area is 107 Å². The third-order valence-electron chi connectivity index (χ3n) is 3.14. The van der Waals surface area contributed by atoms with E-state index in [1.165, 1.54) is 12.7 Å². The van der Waals surface area contributed by atoms with Crippen molar-refractivity contribution in [3.05, 3.63) is 37.2 Å². The number of rotatable bonds is 0. The number of hydrogen-bond acceptors (Lipinski definition) is 6. The number of aromatic nitrogens is 5. The summed E-state index contributed by atoms with van der Waals surface area (Å²) in [6, 6.07) is 3.88. The van der Waals surface area contributed by atoms with E-state index in [0.717, 1.165) is 32.7 Å². The van der Waals surface area contributed by atoms with E-state index in [1.807, 2.05) is 12.1 Å². The monoisotopic (exact) mass is 248 g/mol. The number of benzene rings is 1. The van der Waals surface area contributed by atoms with Gasteiger partial charge in [-0.05, 0) is 12.1 Å². The van der Waals surface area contributed by atoms with Crippen LogP contribution in [-0.2, 0) is 0 Å². The van der Waals surface area contributed by atoms with Crippen molar-refractivity contribution in [2.24, 2.45) is 0 Å². The lowest BCUT2D eigenvalue weighted by Crippen LogP contribution is -1.96. The molecule has 3 aromatic heterocycles. The molecule has 0 spiro atoms. The lowest BCUT2D eigenvalue weighted by atomic mass is 10.1. The maximum absolute atomic E-state index is 5.98. The number of anilines is 1. The van der Waals surface area contributed by atoms with Gasteiger partial charge in [-0.3, -0.25) is 0 Å². The number of nitrogens with two attached hydrogens (primary N) is 1. The van der Waals surface area contributed by atoms with Crippen LogP contribution in [-0.4, -0.2) is 24.9 Å². The number of nitrogens with zero attached hydrogens (tertiary/aromatic N) is 5. The van der Waals surface area contributed by atoms with Crippen LogP contribution in [0.5, 0.6) is 0 Å². The lowest BCUT2D eigenvalue weighted by molar-refractivity contribution is 1.21. The predicted octanol–water partition coefficient (Wildman–Crippen LogP) is 1.70. The van der Waals surface area contributed by atoms with Gasteiger partial charge in [0.1, 0.15) is 18.5 Å². The Kier molecular flexibility index (Phi) is 1.88. The molecule has 0 bridgehead atoms. The van der Waals surface area contributed by atoms with Crippen molar-refractivity contribution in [1.29, 1.82) is 0 Å². The second-order valence-corrected chi connectivity index (χ2v) is 4.20. The molecule has 4 rings (SSSR count). The molecule has 3 heterocycles. The van der Waals surface area contributed by atoms with Gasteiger partial charge < -0.3 is 5.73 Å². The van der Waals surface area contributed by atoms with Crippen LogP contribution in [0.4, 0.5) is 5.82 Å². The lowest BCUT2D eigenvalue weighted by Gasteiger charge is -2.06. The number of nitrogen functional groups attached to an aromatic ring is 1. The van der Waals surface area contributed by atoms with Gasteiger partial charge in [0, 0.05) is 23.2 Å². The van der Waals surface area contributed by atoms with Gasteiger partial charge in [-0.25, -0.2) is 24.9 Å². The average Bonchev–Trinajstić information content (AvgIpc) is 2.47. The summed E-state index contributed by atoms with van der Waals surface area (Å²) in [6.45, 7) is 0. The normalized spacial score (nSPS) is 11.4. The first kappa shape index (κ1) is 10.1. The Bertz CT molecular complexity index is 934. The quantitative estimate of drug-likeness (QED) is 0.476. The molecule has 0 unspecified atom stereocenters. The number of hydrogen-bond donors (Lipinski definition) is 1. The van der Waals surface area contributed by atoms with Crippen molar-refractivity contribution >= 4 is 38.5 Å². The molecule has 0 radical (unpaired) electrons. The third-order valence-corrected chi connectivity index (χ3v) is 3.14. The van der Waals surface area contributed by atoms with Gasteiger partial charge in [-0.2, -0.15) is 0 Å². The molecule has 4 aromatic rings. The summed E-state index contributed by atoms with van der Waals surface area (Å²) in [6.07, 6.45) is 6.44. The summed E-state index contributed by atoms with van der Waals surface area (Å²) < 4.78 is 0. The van der Waals surface area contributed by atoms with Crippen molar-refractivity contribution in [1.82, 2.24) is 24.9 Å². The van der Waals surface area contributed by atoms with Crippen LogP contribution in [0.1, 0.15) is 0 Å². The zero-order valence-corrected chi connectivity index (χ0v) is 9.78. The van der Waals surface area contributed by atoms with E-state index >= 15 is 0 Å². The molecule has 0 aliphatic carbocycles. The fraction of sp³-hybridized carbons (Fsp3) is 0. The molecule has 0 atom stereocenters. The van der Waals surface area contributed by atoms with Crippen LogP contribution in [0.2, 0.25) is 0 Å². The van der Waals surface area contributed by atoms with Crippen LogP contribution in [0.25, 0.3) is 32.7 Å². The molecule has 90 valence electrons. The third kappa shape index (κ3) is 1.33. The molecule has 6 nitrogen and oxygen atoms in total. The van der Waals surface area contributed by atoms with Gasteiger partial charge in [-0.1, -0.05) is 0 Å². The molecular formula is C13H8N6. The highest BCUT2D eigenvalue weighted by Gasteiger charge is 2.10. The van der Waals surface area contributed by atoms with Crippen molar-refractivity contribution in [3.8, 4) is 0 Å². The fourth-order valence-electron chi connectivity index (χ4n) is 2.26. The first-order valence-electron chi connectivity index (χ1n) is 5.72. The minimum atomic E-state index is 0.416. The van der Waals surface area contributed by atoms with Gasteiger partial charge in [-0.15, -0.1) is 0 Å². The molecule has 19 heavy (non-hydrogen) atoms. The highest BCUT2D eigenvalue weighted by atomic mass is 14.9. The Morgan fingerprint density at radius 3 is 2.47 bits per heavy atom. The minimum Gasteiger partial charge on any atom is -0.383 e. The summed E-state index contributed by atoms with van der Waals surface area (Å²) in [5, 5.41) is 2.55. The molecule has 0 aliphatic rings. The maximum atomic E-state index is 5.98. The van der Waals surface area contributed by atoms with Gasteiger partial charge in [0.05, 0.1) is 21.9 Å². The summed E-state index contributed by atoms with van der Waals surface area (Å²) in [5.74, 6) is 0.416. The van der Waals surface area contributed by atoms with Crippen LogP contribution in [0.3, 0.4) is 0 Å².